The minimum atomic E-state index is 0.0478. The molecule has 0 aliphatic heterocycles. The number of nitrogens with zero attached hydrogens (tertiary/aromatic N) is 1. The molecule has 0 radical (unpaired) electrons. The van der Waals surface area contributed by atoms with E-state index in [0.717, 1.165) is 30.7 Å². The summed E-state index contributed by atoms with van der Waals surface area (Å²) < 4.78 is 0. The van der Waals surface area contributed by atoms with Crippen LogP contribution < -0.4 is 5.32 Å². The van der Waals surface area contributed by atoms with E-state index in [-0.39, 0.29) is 18.4 Å². The molecular formula is C11H17N3O2. The second-order valence-electron chi connectivity index (χ2n) is 4.14. The van der Waals surface area contributed by atoms with E-state index in [0.29, 0.717) is 13.0 Å². The highest BCUT2D eigenvalue weighted by atomic mass is 16.3. The van der Waals surface area contributed by atoms with Crippen LogP contribution in [0.3, 0.4) is 0 Å². The summed E-state index contributed by atoms with van der Waals surface area (Å²) in [5.74, 6) is 0.139. The third kappa shape index (κ3) is 2.41. The van der Waals surface area contributed by atoms with Crippen LogP contribution in [0.4, 0.5) is 0 Å². The van der Waals surface area contributed by atoms with Crippen molar-refractivity contribution in [2.75, 3.05) is 13.2 Å². The smallest absolute Gasteiger partial charge is 0.223 e. The minimum Gasteiger partial charge on any atom is -0.396 e. The number of aryl methyl sites for hydroxylation is 1. The summed E-state index contributed by atoms with van der Waals surface area (Å²) in [4.78, 5) is 19.1. The van der Waals surface area contributed by atoms with Gasteiger partial charge in [-0.05, 0) is 19.3 Å². The van der Waals surface area contributed by atoms with Crippen molar-refractivity contribution >= 4 is 5.91 Å². The number of H-pyrrole nitrogens is 1. The number of nitrogens with one attached hydrogen (secondary N) is 2. The predicted octanol–water partition coefficient (Wildman–Crippen LogP) is 0.0132. The van der Waals surface area contributed by atoms with Crippen LogP contribution in [0.1, 0.15) is 24.2 Å². The largest absolute Gasteiger partial charge is 0.396 e. The van der Waals surface area contributed by atoms with E-state index >= 15 is 0 Å². The molecular weight excluding hydrogens is 206 g/mol. The molecule has 1 amide bonds. The maximum atomic E-state index is 11.8. The Kier molecular flexibility index (Phi) is 3.56. The molecule has 1 aromatic rings. The fourth-order valence-electron chi connectivity index (χ4n) is 2.06. The first-order valence-corrected chi connectivity index (χ1v) is 5.71. The summed E-state index contributed by atoms with van der Waals surface area (Å²) in [5, 5.41) is 11.5. The van der Waals surface area contributed by atoms with Crippen molar-refractivity contribution in [3.63, 3.8) is 0 Å². The quantitative estimate of drug-likeness (QED) is 0.629. The second kappa shape index (κ2) is 5.12. The van der Waals surface area contributed by atoms with Gasteiger partial charge in [0.05, 0.1) is 12.0 Å². The van der Waals surface area contributed by atoms with Crippen LogP contribution in [0, 0.1) is 5.92 Å². The van der Waals surface area contributed by atoms with Gasteiger partial charge < -0.3 is 15.4 Å². The number of imidazole rings is 1. The molecule has 2 rings (SSSR count). The number of fused-ring (bicyclic) bond motifs is 1. The van der Waals surface area contributed by atoms with Crippen LogP contribution in [0.5, 0.6) is 0 Å². The van der Waals surface area contributed by atoms with Gasteiger partial charge in [-0.15, -0.1) is 0 Å². The van der Waals surface area contributed by atoms with E-state index in [1.54, 1.807) is 6.33 Å². The third-order valence-electron chi connectivity index (χ3n) is 2.99. The number of carbonyl (C=O) groups is 1. The number of hydrogen-bond acceptors (Lipinski definition) is 3. The van der Waals surface area contributed by atoms with E-state index in [9.17, 15) is 4.79 Å². The molecule has 16 heavy (non-hydrogen) atoms. The molecule has 5 heteroatoms. The molecule has 0 spiro atoms. The summed E-state index contributed by atoms with van der Waals surface area (Å²) in [5.41, 5.74) is 2.19. The molecule has 5 nitrogen and oxygen atoms in total. The van der Waals surface area contributed by atoms with Crippen LogP contribution in [0.25, 0.3) is 0 Å². The van der Waals surface area contributed by atoms with Crippen LogP contribution in [-0.2, 0) is 17.6 Å². The highest BCUT2D eigenvalue weighted by Crippen LogP contribution is 2.22. The van der Waals surface area contributed by atoms with Gasteiger partial charge in [-0.1, -0.05) is 0 Å². The monoisotopic (exact) mass is 223 g/mol. The Morgan fingerprint density at radius 2 is 2.56 bits per heavy atom. The van der Waals surface area contributed by atoms with Crippen LogP contribution in [0.2, 0.25) is 0 Å². The van der Waals surface area contributed by atoms with E-state index in [2.05, 4.69) is 15.3 Å². The van der Waals surface area contributed by atoms with Gasteiger partial charge in [0.1, 0.15) is 0 Å². The molecule has 1 atom stereocenters. The Bertz CT molecular complexity index is 362. The summed E-state index contributed by atoms with van der Waals surface area (Å²) in [6, 6.07) is 0. The molecule has 1 aliphatic rings. The molecule has 0 bridgehead atoms. The highest BCUT2D eigenvalue weighted by Gasteiger charge is 2.25. The lowest BCUT2D eigenvalue weighted by molar-refractivity contribution is -0.125. The van der Waals surface area contributed by atoms with Crippen molar-refractivity contribution in [2.24, 2.45) is 5.92 Å². The van der Waals surface area contributed by atoms with Crippen molar-refractivity contribution in [1.82, 2.24) is 15.3 Å². The number of rotatable bonds is 4. The number of aliphatic hydroxyl groups is 1. The molecule has 1 aliphatic carbocycles. The fourth-order valence-corrected chi connectivity index (χ4v) is 2.06. The van der Waals surface area contributed by atoms with Gasteiger partial charge in [0, 0.05) is 31.2 Å². The number of aromatic amines is 1. The number of aromatic nitrogens is 2. The lowest BCUT2D eigenvalue weighted by atomic mass is 9.89. The molecule has 3 N–H and O–H groups in total. The highest BCUT2D eigenvalue weighted by molar-refractivity contribution is 5.79. The van der Waals surface area contributed by atoms with Crippen molar-refractivity contribution in [1.29, 1.82) is 0 Å². The second-order valence-corrected chi connectivity index (χ2v) is 4.14. The predicted molar refractivity (Wildman–Crippen MR) is 58.8 cm³/mol. The van der Waals surface area contributed by atoms with Crippen molar-refractivity contribution in [3.8, 4) is 0 Å². The van der Waals surface area contributed by atoms with Crippen molar-refractivity contribution in [3.05, 3.63) is 17.7 Å². The SMILES string of the molecule is O=C(NCCCO)C1CCc2nc[nH]c2C1. The van der Waals surface area contributed by atoms with Crippen LogP contribution >= 0.6 is 0 Å². The Labute approximate surface area is 94.3 Å². The molecule has 88 valence electrons. The van der Waals surface area contributed by atoms with E-state index in [1.165, 1.54) is 0 Å². The van der Waals surface area contributed by atoms with Gasteiger partial charge in [0.15, 0.2) is 0 Å². The van der Waals surface area contributed by atoms with Gasteiger partial charge in [-0.25, -0.2) is 4.98 Å². The van der Waals surface area contributed by atoms with Gasteiger partial charge >= 0.3 is 0 Å². The van der Waals surface area contributed by atoms with Gasteiger partial charge in [-0.2, -0.15) is 0 Å². The number of hydrogen-bond donors (Lipinski definition) is 3. The summed E-state index contributed by atoms with van der Waals surface area (Å²) >= 11 is 0. The van der Waals surface area contributed by atoms with E-state index in [1.807, 2.05) is 0 Å². The molecule has 0 saturated heterocycles. The van der Waals surface area contributed by atoms with E-state index in [4.69, 9.17) is 5.11 Å². The van der Waals surface area contributed by atoms with Crippen LogP contribution in [-0.4, -0.2) is 34.1 Å². The zero-order chi connectivity index (χ0) is 11.4. The Morgan fingerprint density at radius 3 is 3.38 bits per heavy atom. The zero-order valence-electron chi connectivity index (χ0n) is 9.20. The fraction of sp³-hybridized carbons (Fsp3) is 0.636. The standard InChI is InChI=1S/C11H17N3O2/c15-5-1-4-12-11(16)8-2-3-9-10(6-8)14-7-13-9/h7-8,15H,1-6H2,(H,12,16)(H,13,14). The Morgan fingerprint density at radius 1 is 1.69 bits per heavy atom. The minimum absolute atomic E-state index is 0.0478. The van der Waals surface area contributed by atoms with E-state index < -0.39 is 0 Å². The van der Waals surface area contributed by atoms with Crippen molar-refractivity contribution < 1.29 is 9.90 Å². The normalized spacial score (nSPS) is 19.2. The molecule has 1 heterocycles. The number of aliphatic hydroxyl groups excluding tert-OH is 1. The topological polar surface area (TPSA) is 78.0 Å². The van der Waals surface area contributed by atoms with Crippen LogP contribution in [0.15, 0.2) is 6.33 Å². The average Bonchev–Trinajstić information content (AvgIpc) is 2.76. The molecule has 0 aromatic carbocycles. The summed E-state index contributed by atoms with van der Waals surface area (Å²) in [7, 11) is 0. The Hall–Kier alpha value is -1.36. The zero-order valence-corrected chi connectivity index (χ0v) is 9.20. The summed E-state index contributed by atoms with van der Waals surface area (Å²) in [6.45, 7) is 0.678. The first-order chi connectivity index (χ1) is 7.81. The third-order valence-corrected chi connectivity index (χ3v) is 2.99. The molecule has 1 unspecified atom stereocenters. The van der Waals surface area contributed by atoms with Gasteiger partial charge in [0.2, 0.25) is 5.91 Å². The lowest BCUT2D eigenvalue weighted by Crippen LogP contribution is -2.34. The maximum Gasteiger partial charge on any atom is 0.223 e. The maximum absolute atomic E-state index is 11.8. The molecule has 0 saturated carbocycles. The average molecular weight is 223 g/mol. The van der Waals surface area contributed by atoms with Crippen molar-refractivity contribution in [2.45, 2.75) is 25.7 Å². The number of amides is 1. The summed E-state index contributed by atoms with van der Waals surface area (Å²) in [6.07, 6.45) is 4.80. The lowest BCUT2D eigenvalue weighted by Gasteiger charge is -2.20. The Balaban J connectivity index is 1.86. The number of carbonyl (C=O) groups excluding carboxylic acids is 1. The molecule has 0 fully saturated rings. The first kappa shape index (κ1) is 11.1. The van der Waals surface area contributed by atoms with Gasteiger partial charge in [-0.3, -0.25) is 4.79 Å². The first-order valence-electron chi connectivity index (χ1n) is 5.71. The van der Waals surface area contributed by atoms with Gasteiger partial charge in [0.25, 0.3) is 0 Å². The molecule has 1 aromatic heterocycles.